The molecule has 1 aromatic carbocycles. The van der Waals surface area contributed by atoms with E-state index in [9.17, 15) is 4.79 Å². The Labute approximate surface area is 110 Å². The van der Waals surface area contributed by atoms with Gasteiger partial charge in [0.05, 0.1) is 6.10 Å². The first-order valence-electron chi connectivity index (χ1n) is 5.66. The molecule has 1 fully saturated rings. The third-order valence-electron chi connectivity index (χ3n) is 2.92. The van der Waals surface area contributed by atoms with Gasteiger partial charge in [-0.3, -0.25) is 4.79 Å². The smallest absolute Gasteiger partial charge is 0.188 e. The molecule has 0 aromatic heterocycles. The summed E-state index contributed by atoms with van der Waals surface area (Å²) in [4.78, 5) is 11.8. The first-order chi connectivity index (χ1) is 7.75. The van der Waals surface area contributed by atoms with Gasteiger partial charge in [-0.2, -0.15) is 0 Å². The van der Waals surface area contributed by atoms with Crippen LogP contribution in [0.1, 0.15) is 36.0 Å². The number of hydrogen-bond acceptors (Lipinski definition) is 2. The Balaban J connectivity index is 1.85. The summed E-state index contributed by atoms with van der Waals surface area (Å²) >= 11 is 2.23. The topological polar surface area (TPSA) is 26.3 Å². The zero-order valence-corrected chi connectivity index (χ0v) is 11.3. The largest absolute Gasteiger partial charge is 0.370 e. The maximum absolute atomic E-state index is 11.8. The van der Waals surface area contributed by atoms with E-state index in [0.29, 0.717) is 6.10 Å². The third-order valence-corrected chi connectivity index (χ3v) is 3.64. The minimum atomic E-state index is 0.0864. The monoisotopic (exact) mass is 330 g/mol. The summed E-state index contributed by atoms with van der Waals surface area (Å²) in [6.45, 7) is 0.227. The Hall–Kier alpha value is -0.420. The number of benzene rings is 1. The number of carbonyl (C=O) groups excluding carboxylic acids is 1. The molecule has 0 N–H and O–H groups in total. The zero-order chi connectivity index (χ0) is 11.4. The number of ether oxygens (including phenoxy) is 1. The van der Waals surface area contributed by atoms with Crippen molar-refractivity contribution >= 4 is 28.4 Å². The van der Waals surface area contributed by atoms with Crippen molar-refractivity contribution in [3.05, 3.63) is 33.4 Å². The van der Waals surface area contributed by atoms with Gasteiger partial charge in [-0.25, -0.2) is 0 Å². The van der Waals surface area contributed by atoms with Crippen molar-refractivity contribution < 1.29 is 9.53 Å². The molecule has 0 bridgehead atoms. The molecule has 0 radical (unpaired) electrons. The van der Waals surface area contributed by atoms with Crippen LogP contribution >= 0.6 is 22.6 Å². The molecule has 0 spiro atoms. The number of ketones is 1. The second kappa shape index (κ2) is 5.77. The lowest BCUT2D eigenvalue weighted by atomic mass is 10.1. The van der Waals surface area contributed by atoms with Crippen molar-refractivity contribution in [2.24, 2.45) is 0 Å². The summed E-state index contributed by atoms with van der Waals surface area (Å²) < 4.78 is 6.74. The molecule has 86 valence electrons. The van der Waals surface area contributed by atoms with Crippen LogP contribution in [-0.2, 0) is 4.74 Å². The van der Waals surface area contributed by atoms with Crippen LogP contribution in [0.2, 0.25) is 0 Å². The molecule has 1 saturated carbocycles. The van der Waals surface area contributed by atoms with E-state index in [1.165, 1.54) is 12.8 Å². The predicted molar refractivity (Wildman–Crippen MR) is 71.7 cm³/mol. The SMILES string of the molecule is O=C(COC1CCCC1)c1ccc(I)cc1. The van der Waals surface area contributed by atoms with Crippen LogP contribution in [0.4, 0.5) is 0 Å². The summed E-state index contributed by atoms with van der Waals surface area (Å²) in [6.07, 6.45) is 5.01. The molecule has 16 heavy (non-hydrogen) atoms. The van der Waals surface area contributed by atoms with Gasteiger partial charge in [0.1, 0.15) is 6.61 Å². The molecule has 0 unspecified atom stereocenters. The summed E-state index contributed by atoms with van der Waals surface area (Å²) in [5, 5.41) is 0. The summed E-state index contributed by atoms with van der Waals surface area (Å²) in [5.74, 6) is 0.0864. The van der Waals surface area contributed by atoms with Gasteiger partial charge in [-0.05, 0) is 47.6 Å². The van der Waals surface area contributed by atoms with Crippen molar-refractivity contribution in [2.75, 3.05) is 6.61 Å². The lowest BCUT2D eigenvalue weighted by Gasteiger charge is -2.09. The summed E-state index contributed by atoms with van der Waals surface area (Å²) in [7, 11) is 0. The fourth-order valence-electron chi connectivity index (χ4n) is 1.97. The van der Waals surface area contributed by atoms with Gasteiger partial charge in [0.25, 0.3) is 0 Å². The van der Waals surface area contributed by atoms with E-state index in [4.69, 9.17) is 4.74 Å². The molecular formula is C13H15IO2. The second-order valence-corrected chi connectivity index (χ2v) is 5.39. The molecule has 1 aliphatic carbocycles. The molecule has 0 heterocycles. The number of halogens is 1. The maximum atomic E-state index is 11.8. The van der Waals surface area contributed by atoms with Crippen molar-refractivity contribution in [1.82, 2.24) is 0 Å². The standard InChI is InChI=1S/C13H15IO2/c14-11-7-5-10(6-8-11)13(15)9-16-12-3-1-2-4-12/h5-8,12H,1-4,9H2. The first kappa shape index (κ1) is 12.0. The van der Waals surface area contributed by atoms with Gasteiger partial charge < -0.3 is 4.74 Å². The van der Waals surface area contributed by atoms with Gasteiger partial charge in [-0.15, -0.1) is 0 Å². The number of rotatable bonds is 4. The van der Waals surface area contributed by atoms with Crippen molar-refractivity contribution in [1.29, 1.82) is 0 Å². The van der Waals surface area contributed by atoms with Crippen LogP contribution in [0.3, 0.4) is 0 Å². The highest BCUT2D eigenvalue weighted by molar-refractivity contribution is 14.1. The molecule has 1 aliphatic rings. The molecule has 0 aliphatic heterocycles. The highest BCUT2D eigenvalue weighted by Crippen LogP contribution is 2.21. The van der Waals surface area contributed by atoms with E-state index in [1.807, 2.05) is 24.3 Å². The van der Waals surface area contributed by atoms with Gasteiger partial charge in [0, 0.05) is 9.13 Å². The van der Waals surface area contributed by atoms with Gasteiger partial charge in [0.15, 0.2) is 5.78 Å². The Morgan fingerprint density at radius 1 is 1.25 bits per heavy atom. The van der Waals surface area contributed by atoms with E-state index in [2.05, 4.69) is 22.6 Å². The van der Waals surface area contributed by atoms with E-state index in [0.717, 1.165) is 22.0 Å². The van der Waals surface area contributed by atoms with Crippen LogP contribution < -0.4 is 0 Å². The molecule has 2 rings (SSSR count). The fourth-order valence-corrected chi connectivity index (χ4v) is 2.33. The Morgan fingerprint density at radius 3 is 2.50 bits per heavy atom. The average Bonchev–Trinajstić information content (AvgIpc) is 2.80. The van der Waals surface area contributed by atoms with Crippen LogP contribution in [0, 0.1) is 3.57 Å². The zero-order valence-electron chi connectivity index (χ0n) is 9.12. The van der Waals surface area contributed by atoms with Crippen LogP contribution in [0.5, 0.6) is 0 Å². The Bertz CT molecular complexity index is 353. The highest BCUT2D eigenvalue weighted by Gasteiger charge is 2.17. The number of carbonyl (C=O) groups is 1. The summed E-state index contributed by atoms with van der Waals surface area (Å²) in [5.41, 5.74) is 0.749. The molecule has 1 aromatic rings. The van der Waals surface area contributed by atoms with Gasteiger partial charge >= 0.3 is 0 Å². The van der Waals surface area contributed by atoms with Crippen LogP contribution in [0.25, 0.3) is 0 Å². The van der Waals surface area contributed by atoms with E-state index in [1.54, 1.807) is 0 Å². The molecule has 0 saturated heterocycles. The Kier molecular flexibility index (Phi) is 4.35. The van der Waals surface area contributed by atoms with Crippen molar-refractivity contribution in [3.63, 3.8) is 0 Å². The van der Waals surface area contributed by atoms with Crippen LogP contribution in [0.15, 0.2) is 24.3 Å². The molecule has 0 amide bonds. The quantitative estimate of drug-likeness (QED) is 0.625. The lowest BCUT2D eigenvalue weighted by Crippen LogP contribution is -2.15. The Morgan fingerprint density at radius 2 is 1.88 bits per heavy atom. The van der Waals surface area contributed by atoms with Crippen LogP contribution in [-0.4, -0.2) is 18.5 Å². The third kappa shape index (κ3) is 3.28. The minimum absolute atomic E-state index is 0.0864. The predicted octanol–water partition coefficient (Wildman–Crippen LogP) is 3.43. The van der Waals surface area contributed by atoms with Crippen molar-refractivity contribution in [3.8, 4) is 0 Å². The molecule has 2 nitrogen and oxygen atoms in total. The average molecular weight is 330 g/mol. The van der Waals surface area contributed by atoms with Gasteiger partial charge in [-0.1, -0.05) is 25.0 Å². The normalized spacial score (nSPS) is 16.6. The van der Waals surface area contributed by atoms with Crippen molar-refractivity contribution in [2.45, 2.75) is 31.8 Å². The van der Waals surface area contributed by atoms with E-state index < -0.39 is 0 Å². The molecular weight excluding hydrogens is 315 g/mol. The fraction of sp³-hybridized carbons (Fsp3) is 0.462. The maximum Gasteiger partial charge on any atom is 0.188 e. The highest BCUT2D eigenvalue weighted by atomic mass is 127. The second-order valence-electron chi connectivity index (χ2n) is 4.15. The first-order valence-corrected chi connectivity index (χ1v) is 6.74. The minimum Gasteiger partial charge on any atom is -0.370 e. The molecule has 0 atom stereocenters. The van der Waals surface area contributed by atoms with E-state index >= 15 is 0 Å². The van der Waals surface area contributed by atoms with E-state index in [-0.39, 0.29) is 12.4 Å². The number of hydrogen-bond donors (Lipinski definition) is 0. The number of Topliss-reactive ketones (excluding diaryl/α,β-unsaturated/α-hetero) is 1. The van der Waals surface area contributed by atoms with Gasteiger partial charge in [0.2, 0.25) is 0 Å². The molecule has 3 heteroatoms. The summed E-state index contributed by atoms with van der Waals surface area (Å²) in [6, 6.07) is 7.62. The lowest BCUT2D eigenvalue weighted by molar-refractivity contribution is 0.0482.